The van der Waals surface area contributed by atoms with Gasteiger partial charge in [-0.25, -0.2) is 0 Å². The molecule has 1 rings (SSSR count). The molecule has 0 aliphatic heterocycles. The van der Waals surface area contributed by atoms with Crippen LogP contribution in [0.4, 0.5) is 10.7 Å². The van der Waals surface area contributed by atoms with Crippen LogP contribution in [0, 0.1) is 0 Å². The summed E-state index contributed by atoms with van der Waals surface area (Å²) >= 11 is 1.12. The lowest BCUT2D eigenvalue weighted by Crippen LogP contribution is -2.23. The molecule has 1 aromatic rings. The summed E-state index contributed by atoms with van der Waals surface area (Å²) in [5, 5.41) is 6.24. The summed E-state index contributed by atoms with van der Waals surface area (Å²) in [5.41, 5.74) is 11.5. The zero-order valence-electron chi connectivity index (χ0n) is 12.2. The molecule has 0 fully saturated rings. The van der Waals surface area contributed by atoms with E-state index in [0.717, 1.165) is 17.9 Å². The molecule has 0 bridgehead atoms. The first-order valence-electron chi connectivity index (χ1n) is 6.38. The highest BCUT2D eigenvalue weighted by molar-refractivity contribution is 7.19. The van der Waals surface area contributed by atoms with Crippen LogP contribution >= 0.6 is 11.3 Å². The summed E-state index contributed by atoms with van der Waals surface area (Å²) in [6.45, 7) is 5.23. The van der Waals surface area contributed by atoms with Gasteiger partial charge in [0.25, 0.3) is 11.8 Å². The molecule has 0 atom stereocenters. The van der Waals surface area contributed by atoms with E-state index in [-0.39, 0.29) is 22.0 Å². The lowest BCUT2D eigenvalue weighted by molar-refractivity contribution is 0.0962. The van der Waals surface area contributed by atoms with E-state index < -0.39 is 5.91 Å². The van der Waals surface area contributed by atoms with E-state index >= 15 is 0 Å². The van der Waals surface area contributed by atoms with E-state index in [4.69, 9.17) is 11.5 Å². The number of nitrogen functional groups attached to an aromatic ring is 1. The van der Waals surface area contributed by atoms with Gasteiger partial charge in [0.1, 0.15) is 9.88 Å². The van der Waals surface area contributed by atoms with Crippen molar-refractivity contribution < 1.29 is 9.59 Å². The molecule has 1 aromatic heterocycles. The Morgan fingerprint density at radius 1 is 1.43 bits per heavy atom. The zero-order chi connectivity index (χ0) is 16.0. The highest BCUT2D eigenvalue weighted by Gasteiger charge is 2.23. The summed E-state index contributed by atoms with van der Waals surface area (Å²) in [6, 6.07) is 0. The molecular formula is C13H21N5O2S. The van der Waals surface area contributed by atoms with Gasteiger partial charge in [-0.3, -0.25) is 9.59 Å². The Morgan fingerprint density at radius 2 is 2.10 bits per heavy atom. The van der Waals surface area contributed by atoms with Crippen molar-refractivity contribution in [1.82, 2.24) is 10.2 Å². The number of nitrogens with zero attached hydrogens (tertiary/aromatic N) is 1. The summed E-state index contributed by atoms with van der Waals surface area (Å²) in [4.78, 5) is 25.8. The van der Waals surface area contributed by atoms with Gasteiger partial charge in [0, 0.05) is 19.6 Å². The van der Waals surface area contributed by atoms with Crippen molar-refractivity contribution in [3.63, 3.8) is 0 Å². The largest absolute Gasteiger partial charge is 0.397 e. The molecule has 0 aliphatic carbocycles. The molecule has 21 heavy (non-hydrogen) atoms. The summed E-state index contributed by atoms with van der Waals surface area (Å²) in [7, 11) is 3.88. The van der Waals surface area contributed by atoms with Crippen LogP contribution < -0.4 is 22.1 Å². The van der Waals surface area contributed by atoms with Crippen molar-refractivity contribution >= 4 is 33.8 Å². The number of anilines is 2. The van der Waals surface area contributed by atoms with E-state index in [9.17, 15) is 9.59 Å². The normalized spacial score (nSPS) is 10.4. The van der Waals surface area contributed by atoms with E-state index in [1.165, 1.54) is 0 Å². The lowest BCUT2D eigenvalue weighted by atomic mass is 10.2. The Kier molecular flexibility index (Phi) is 6.19. The molecule has 2 amide bonds. The predicted molar refractivity (Wildman–Crippen MR) is 86.8 cm³/mol. The fraction of sp³-hybridized carbons (Fsp3) is 0.385. The highest BCUT2D eigenvalue weighted by atomic mass is 32.1. The number of likely N-dealkylation sites (N-methyl/N-ethyl adjacent to an activating group) is 1. The minimum absolute atomic E-state index is 0.112. The topological polar surface area (TPSA) is 113 Å². The van der Waals surface area contributed by atoms with E-state index in [0.29, 0.717) is 18.1 Å². The first-order valence-corrected chi connectivity index (χ1v) is 7.19. The Balaban J connectivity index is 2.99. The monoisotopic (exact) mass is 311 g/mol. The number of carbonyl (C=O) groups is 2. The molecule has 0 saturated heterocycles. The first-order chi connectivity index (χ1) is 9.88. The second kappa shape index (κ2) is 7.65. The van der Waals surface area contributed by atoms with Gasteiger partial charge in [0.05, 0.1) is 11.3 Å². The van der Waals surface area contributed by atoms with Crippen molar-refractivity contribution in [2.45, 2.75) is 0 Å². The number of rotatable bonds is 8. The maximum absolute atomic E-state index is 12.0. The molecule has 1 heterocycles. The fourth-order valence-electron chi connectivity index (χ4n) is 1.62. The van der Waals surface area contributed by atoms with Crippen LogP contribution in [0.1, 0.15) is 20.0 Å². The SMILES string of the molecule is C=CCNC(=O)c1sc(NCCN(C)C)c(C(N)=O)c1N. The third-order valence-corrected chi connectivity index (χ3v) is 3.81. The van der Waals surface area contributed by atoms with Crippen LogP contribution in [0.2, 0.25) is 0 Å². The van der Waals surface area contributed by atoms with Gasteiger partial charge in [-0.2, -0.15) is 0 Å². The molecule has 0 radical (unpaired) electrons. The van der Waals surface area contributed by atoms with Crippen molar-refractivity contribution in [3.8, 4) is 0 Å². The minimum Gasteiger partial charge on any atom is -0.397 e. The molecule has 7 nitrogen and oxygen atoms in total. The van der Waals surface area contributed by atoms with Gasteiger partial charge < -0.3 is 27.0 Å². The Morgan fingerprint density at radius 3 is 2.62 bits per heavy atom. The minimum atomic E-state index is -0.654. The second-order valence-electron chi connectivity index (χ2n) is 4.64. The van der Waals surface area contributed by atoms with E-state index in [1.807, 2.05) is 19.0 Å². The number of nitrogens with two attached hydrogens (primary N) is 2. The number of amides is 2. The highest BCUT2D eigenvalue weighted by Crippen LogP contribution is 2.35. The first kappa shape index (κ1) is 17.0. The van der Waals surface area contributed by atoms with Crippen molar-refractivity contribution in [2.75, 3.05) is 44.8 Å². The molecule has 0 aromatic carbocycles. The number of carbonyl (C=O) groups excluding carboxylic acids is 2. The number of primary amides is 1. The lowest BCUT2D eigenvalue weighted by Gasteiger charge is -2.10. The van der Waals surface area contributed by atoms with Gasteiger partial charge in [-0.05, 0) is 14.1 Å². The van der Waals surface area contributed by atoms with Crippen molar-refractivity contribution in [2.24, 2.45) is 5.73 Å². The molecule has 6 N–H and O–H groups in total. The number of thiophene rings is 1. The smallest absolute Gasteiger partial charge is 0.263 e. The van der Waals surface area contributed by atoms with Crippen LogP contribution in [0.5, 0.6) is 0 Å². The maximum atomic E-state index is 12.0. The average molecular weight is 311 g/mol. The summed E-state index contributed by atoms with van der Waals surface area (Å²) < 4.78 is 0. The molecule has 0 aliphatic rings. The summed E-state index contributed by atoms with van der Waals surface area (Å²) in [6.07, 6.45) is 1.56. The van der Waals surface area contributed by atoms with E-state index in [2.05, 4.69) is 17.2 Å². The molecule has 0 unspecified atom stereocenters. The van der Waals surface area contributed by atoms with Crippen LogP contribution in [0.15, 0.2) is 12.7 Å². The third-order valence-electron chi connectivity index (χ3n) is 2.65. The van der Waals surface area contributed by atoms with Crippen LogP contribution in [-0.4, -0.2) is 50.4 Å². The molecule has 0 spiro atoms. The Bertz CT molecular complexity index is 539. The quantitative estimate of drug-likeness (QED) is 0.516. The van der Waals surface area contributed by atoms with Gasteiger partial charge in [-0.15, -0.1) is 17.9 Å². The predicted octanol–water partition coefficient (Wildman–Crippen LogP) is 0.319. The second-order valence-corrected chi connectivity index (χ2v) is 5.66. The average Bonchev–Trinajstić information content (AvgIpc) is 2.72. The van der Waals surface area contributed by atoms with Crippen molar-refractivity contribution in [1.29, 1.82) is 0 Å². The standard InChI is InChI=1S/C13H21N5O2S/c1-4-5-16-12(20)10-9(14)8(11(15)19)13(21-10)17-6-7-18(2)3/h4,17H,1,5-7,14H2,2-3H3,(H2,15,19)(H,16,20). The van der Waals surface area contributed by atoms with Gasteiger partial charge in [0.15, 0.2) is 0 Å². The number of hydrogen-bond donors (Lipinski definition) is 4. The van der Waals surface area contributed by atoms with E-state index in [1.54, 1.807) is 6.08 Å². The Labute approximate surface area is 128 Å². The summed E-state index contributed by atoms with van der Waals surface area (Å²) in [5.74, 6) is -1.00. The molecule has 116 valence electrons. The molecule has 0 saturated carbocycles. The van der Waals surface area contributed by atoms with Crippen LogP contribution in [0.25, 0.3) is 0 Å². The fourth-order valence-corrected chi connectivity index (χ4v) is 2.69. The third kappa shape index (κ3) is 4.47. The van der Waals surface area contributed by atoms with Crippen LogP contribution in [-0.2, 0) is 0 Å². The number of hydrogen-bond acceptors (Lipinski definition) is 6. The zero-order valence-corrected chi connectivity index (χ0v) is 13.0. The van der Waals surface area contributed by atoms with Gasteiger partial charge >= 0.3 is 0 Å². The molecular weight excluding hydrogens is 290 g/mol. The van der Waals surface area contributed by atoms with Gasteiger partial charge in [0.2, 0.25) is 0 Å². The number of nitrogens with one attached hydrogen (secondary N) is 2. The maximum Gasteiger partial charge on any atom is 0.263 e. The van der Waals surface area contributed by atoms with Crippen molar-refractivity contribution in [3.05, 3.63) is 23.1 Å². The Hall–Kier alpha value is -2.06. The van der Waals surface area contributed by atoms with Gasteiger partial charge in [-0.1, -0.05) is 6.08 Å². The van der Waals surface area contributed by atoms with Crippen LogP contribution in [0.3, 0.4) is 0 Å². The molecule has 8 heteroatoms.